The van der Waals surface area contributed by atoms with Gasteiger partial charge >= 0.3 is 0 Å². The van der Waals surface area contributed by atoms with Crippen molar-refractivity contribution in [2.45, 2.75) is 52.7 Å². The normalized spacial score (nSPS) is 13.2. The lowest BCUT2D eigenvalue weighted by Gasteiger charge is -2.15. The highest BCUT2D eigenvalue weighted by Crippen LogP contribution is 2.33. The highest BCUT2D eigenvalue weighted by molar-refractivity contribution is 7.12. The molecular weight excluding hydrogens is 280 g/mol. The number of aromatic nitrogens is 1. The molecule has 0 spiro atoms. The van der Waals surface area contributed by atoms with Crippen LogP contribution < -0.4 is 5.32 Å². The molecule has 0 aliphatic carbocycles. The van der Waals surface area contributed by atoms with Gasteiger partial charge in [0.1, 0.15) is 0 Å². The first-order chi connectivity index (χ1) is 9.81. The summed E-state index contributed by atoms with van der Waals surface area (Å²) in [7, 11) is 0. The molecule has 2 rings (SSSR count). The maximum Gasteiger partial charge on any atom is 0.0985 e. The zero-order chi connectivity index (χ0) is 15.6. The molecule has 2 aromatic rings. The molecule has 0 fully saturated rings. The summed E-state index contributed by atoms with van der Waals surface area (Å²) < 4.78 is 0. The number of aliphatic hydroxyl groups is 1. The number of nitrogens with one attached hydrogen (secondary N) is 1. The molecule has 1 atom stereocenters. The van der Waals surface area contributed by atoms with Gasteiger partial charge in [0.25, 0.3) is 0 Å². The van der Waals surface area contributed by atoms with Gasteiger partial charge in [-0.15, -0.1) is 11.3 Å². The Labute approximate surface area is 131 Å². The molecule has 4 heteroatoms. The molecule has 1 unspecified atom stereocenters. The van der Waals surface area contributed by atoms with E-state index < -0.39 is 0 Å². The van der Waals surface area contributed by atoms with Gasteiger partial charge in [-0.05, 0) is 31.5 Å². The quantitative estimate of drug-likeness (QED) is 0.879. The SMILES string of the molecule is Cc1nc(C(C)(C)C)sc1C(C)Nc1ccc(CO)cc1. The van der Waals surface area contributed by atoms with Gasteiger partial charge in [-0.3, -0.25) is 0 Å². The zero-order valence-electron chi connectivity index (χ0n) is 13.4. The van der Waals surface area contributed by atoms with Crippen LogP contribution in [0.3, 0.4) is 0 Å². The Morgan fingerprint density at radius 1 is 1.24 bits per heavy atom. The number of thiazole rings is 1. The van der Waals surface area contributed by atoms with Crippen LogP contribution in [-0.2, 0) is 12.0 Å². The average molecular weight is 304 g/mol. The lowest BCUT2D eigenvalue weighted by molar-refractivity contribution is 0.282. The number of aryl methyl sites for hydroxylation is 1. The zero-order valence-corrected chi connectivity index (χ0v) is 14.2. The first-order valence-electron chi connectivity index (χ1n) is 7.25. The molecule has 0 aliphatic heterocycles. The van der Waals surface area contributed by atoms with Crippen molar-refractivity contribution in [2.24, 2.45) is 0 Å². The van der Waals surface area contributed by atoms with E-state index in [-0.39, 0.29) is 18.1 Å². The van der Waals surface area contributed by atoms with E-state index in [9.17, 15) is 0 Å². The van der Waals surface area contributed by atoms with Crippen molar-refractivity contribution in [1.82, 2.24) is 4.98 Å². The first kappa shape index (κ1) is 16.0. The van der Waals surface area contributed by atoms with Crippen molar-refractivity contribution in [2.75, 3.05) is 5.32 Å². The van der Waals surface area contributed by atoms with E-state index >= 15 is 0 Å². The van der Waals surface area contributed by atoms with Crippen LogP contribution in [0.25, 0.3) is 0 Å². The van der Waals surface area contributed by atoms with Crippen LogP contribution in [-0.4, -0.2) is 10.1 Å². The molecule has 0 saturated carbocycles. The maximum atomic E-state index is 9.08. The largest absolute Gasteiger partial charge is 0.392 e. The molecule has 114 valence electrons. The number of hydrogen-bond donors (Lipinski definition) is 2. The summed E-state index contributed by atoms with van der Waals surface area (Å²) in [5.41, 5.74) is 3.19. The van der Waals surface area contributed by atoms with Crippen LogP contribution in [0.1, 0.15) is 54.9 Å². The lowest BCUT2D eigenvalue weighted by Crippen LogP contribution is -2.10. The summed E-state index contributed by atoms with van der Waals surface area (Å²) in [5.74, 6) is 0. The third-order valence-corrected chi connectivity index (χ3v) is 5.15. The van der Waals surface area contributed by atoms with Crippen molar-refractivity contribution in [3.63, 3.8) is 0 Å². The van der Waals surface area contributed by atoms with Gasteiger partial charge in [-0.1, -0.05) is 32.9 Å². The van der Waals surface area contributed by atoms with Crippen LogP contribution in [0, 0.1) is 6.92 Å². The Bertz CT molecular complexity index is 596. The molecule has 0 aliphatic rings. The second-order valence-electron chi connectivity index (χ2n) is 6.44. The second kappa shape index (κ2) is 6.16. The summed E-state index contributed by atoms with van der Waals surface area (Å²) in [6.07, 6.45) is 0. The Morgan fingerprint density at radius 2 is 1.86 bits per heavy atom. The lowest BCUT2D eigenvalue weighted by atomic mass is 9.98. The highest BCUT2D eigenvalue weighted by Gasteiger charge is 2.22. The van der Waals surface area contributed by atoms with Gasteiger partial charge in [0, 0.05) is 16.0 Å². The number of nitrogens with zero attached hydrogens (tertiary/aromatic N) is 1. The first-order valence-corrected chi connectivity index (χ1v) is 8.07. The van der Waals surface area contributed by atoms with E-state index in [1.165, 1.54) is 9.88 Å². The number of benzene rings is 1. The van der Waals surface area contributed by atoms with Crippen LogP contribution in [0.5, 0.6) is 0 Å². The molecule has 0 amide bonds. The van der Waals surface area contributed by atoms with E-state index in [0.717, 1.165) is 16.9 Å². The van der Waals surface area contributed by atoms with Crippen molar-refractivity contribution in [3.05, 3.63) is 45.4 Å². The van der Waals surface area contributed by atoms with Crippen LogP contribution in [0.15, 0.2) is 24.3 Å². The monoisotopic (exact) mass is 304 g/mol. The van der Waals surface area contributed by atoms with Crippen molar-refractivity contribution >= 4 is 17.0 Å². The van der Waals surface area contributed by atoms with Gasteiger partial charge in [-0.25, -0.2) is 4.98 Å². The molecule has 21 heavy (non-hydrogen) atoms. The maximum absolute atomic E-state index is 9.08. The summed E-state index contributed by atoms with van der Waals surface area (Å²) in [5, 5.41) is 13.8. The number of aliphatic hydroxyl groups excluding tert-OH is 1. The standard InChI is InChI=1S/C17H24N2OS/c1-11(18-14-8-6-13(10-20)7-9-14)15-12(2)19-16(21-15)17(3,4)5/h6-9,11,18,20H,10H2,1-5H3. The van der Waals surface area contributed by atoms with E-state index in [1.807, 2.05) is 24.3 Å². The fraction of sp³-hybridized carbons (Fsp3) is 0.471. The average Bonchev–Trinajstić information content (AvgIpc) is 2.82. The Balaban J connectivity index is 2.16. The summed E-state index contributed by atoms with van der Waals surface area (Å²) in [4.78, 5) is 6.00. The Kier molecular flexibility index (Phi) is 4.69. The van der Waals surface area contributed by atoms with Gasteiger partial charge in [0.15, 0.2) is 0 Å². The van der Waals surface area contributed by atoms with Gasteiger partial charge < -0.3 is 10.4 Å². The van der Waals surface area contributed by atoms with Crippen LogP contribution in [0.2, 0.25) is 0 Å². The Morgan fingerprint density at radius 3 is 2.33 bits per heavy atom. The third-order valence-electron chi connectivity index (χ3n) is 3.39. The topological polar surface area (TPSA) is 45.2 Å². The van der Waals surface area contributed by atoms with Crippen molar-refractivity contribution in [1.29, 1.82) is 0 Å². The molecule has 2 N–H and O–H groups in total. The van der Waals surface area contributed by atoms with Crippen LogP contribution in [0.4, 0.5) is 5.69 Å². The molecule has 0 bridgehead atoms. The minimum atomic E-state index is 0.0821. The van der Waals surface area contributed by atoms with Gasteiger partial charge in [0.05, 0.1) is 23.4 Å². The fourth-order valence-corrected chi connectivity index (χ4v) is 3.28. The minimum absolute atomic E-state index is 0.0821. The predicted octanol–water partition coefficient (Wildman–Crippen LogP) is 4.41. The van der Waals surface area contributed by atoms with Gasteiger partial charge in [-0.2, -0.15) is 0 Å². The van der Waals surface area contributed by atoms with E-state index in [1.54, 1.807) is 11.3 Å². The summed E-state index contributed by atoms with van der Waals surface area (Å²) >= 11 is 1.79. The predicted molar refractivity (Wildman–Crippen MR) is 90.0 cm³/mol. The summed E-state index contributed by atoms with van der Waals surface area (Å²) in [6.45, 7) is 10.9. The summed E-state index contributed by atoms with van der Waals surface area (Å²) in [6, 6.07) is 8.11. The highest BCUT2D eigenvalue weighted by atomic mass is 32.1. The van der Waals surface area contributed by atoms with Crippen LogP contribution >= 0.6 is 11.3 Å². The van der Waals surface area contributed by atoms with Crippen molar-refractivity contribution in [3.8, 4) is 0 Å². The van der Waals surface area contributed by atoms with E-state index in [4.69, 9.17) is 10.1 Å². The fourth-order valence-electron chi connectivity index (χ4n) is 2.15. The number of hydrogen-bond acceptors (Lipinski definition) is 4. The molecule has 0 radical (unpaired) electrons. The second-order valence-corrected chi connectivity index (χ2v) is 7.47. The third kappa shape index (κ3) is 3.83. The van der Waals surface area contributed by atoms with Gasteiger partial charge in [0.2, 0.25) is 0 Å². The van der Waals surface area contributed by atoms with E-state index in [2.05, 4.69) is 39.9 Å². The van der Waals surface area contributed by atoms with E-state index in [0.29, 0.717) is 0 Å². The Hall–Kier alpha value is -1.39. The molecule has 1 aromatic carbocycles. The molecule has 1 heterocycles. The number of anilines is 1. The number of rotatable bonds is 4. The molecule has 1 aromatic heterocycles. The molecular formula is C17H24N2OS. The minimum Gasteiger partial charge on any atom is -0.392 e. The molecule has 3 nitrogen and oxygen atoms in total. The smallest absolute Gasteiger partial charge is 0.0985 e. The molecule has 0 saturated heterocycles. The van der Waals surface area contributed by atoms with Crippen molar-refractivity contribution < 1.29 is 5.11 Å².